The first-order chi connectivity index (χ1) is 9.49. The second-order valence-corrected chi connectivity index (χ2v) is 4.64. The molecule has 0 saturated heterocycles. The number of halogens is 1. The van der Waals surface area contributed by atoms with Crippen LogP contribution >= 0.6 is 11.6 Å². The van der Waals surface area contributed by atoms with Crippen LogP contribution in [0.25, 0.3) is 10.8 Å². The molecule has 0 atom stereocenters. The summed E-state index contributed by atoms with van der Waals surface area (Å²) >= 11 is 6.16. The Hall–Kier alpha value is -2.27. The lowest BCUT2D eigenvalue weighted by Gasteiger charge is -2.05. The lowest BCUT2D eigenvalue weighted by Crippen LogP contribution is -2.10. The molecule has 0 spiro atoms. The Morgan fingerprint density at radius 3 is 2.75 bits per heavy atom. The summed E-state index contributed by atoms with van der Waals surface area (Å²) in [6.07, 6.45) is 1.56. The van der Waals surface area contributed by atoms with Gasteiger partial charge in [-0.15, -0.1) is 0 Å². The zero-order valence-electron chi connectivity index (χ0n) is 11.2. The van der Waals surface area contributed by atoms with E-state index in [4.69, 9.17) is 27.8 Å². The summed E-state index contributed by atoms with van der Waals surface area (Å²) in [6, 6.07) is 7.36. The van der Waals surface area contributed by atoms with E-state index in [1.54, 1.807) is 26.2 Å². The van der Waals surface area contributed by atoms with Crippen molar-refractivity contribution >= 4 is 34.0 Å². The maximum atomic E-state index is 6.16. The second-order valence-electron chi connectivity index (χ2n) is 4.28. The number of nitrogens with zero attached hydrogens (tertiary/aromatic N) is 2. The Morgan fingerprint density at radius 1 is 1.35 bits per heavy atom. The van der Waals surface area contributed by atoms with E-state index in [2.05, 4.69) is 9.98 Å². The number of allylic oxidation sites excluding steroid dienone is 1. The Balaban J connectivity index is 2.51. The molecule has 6 heteroatoms. The first-order valence-corrected chi connectivity index (χ1v) is 6.29. The smallest absolute Gasteiger partial charge is 0.156 e. The van der Waals surface area contributed by atoms with Gasteiger partial charge in [0.2, 0.25) is 0 Å². The Morgan fingerprint density at radius 2 is 2.10 bits per heavy atom. The number of methoxy groups -OCH3 is 1. The van der Waals surface area contributed by atoms with E-state index < -0.39 is 0 Å². The van der Waals surface area contributed by atoms with Crippen LogP contribution in [-0.2, 0) is 0 Å². The highest BCUT2D eigenvalue weighted by atomic mass is 35.5. The largest absolute Gasteiger partial charge is 0.497 e. The maximum absolute atomic E-state index is 6.16. The van der Waals surface area contributed by atoms with Crippen molar-refractivity contribution in [2.45, 2.75) is 6.92 Å². The molecule has 0 fully saturated rings. The molecule has 2 aromatic rings. The minimum atomic E-state index is 0.279. The zero-order chi connectivity index (χ0) is 14.7. The van der Waals surface area contributed by atoms with Gasteiger partial charge in [0.05, 0.1) is 7.11 Å². The number of hydrogen-bond donors (Lipinski definition) is 2. The Labute approximate surface area is 121 Å². The predicted molar refractivity (Wildman–Crippen MR) is 82.5 cm³/mol. The minimum Gasteiger partial charge on any atom is -0.497 e. The summed E-state index contributed by atoms with van der Waals surface area (Å²) in [4.78, 5) is 8.36. The van der Waals surface area contributed by atoms with Crippen LogP contribution in [0.15, 0.2) is 41.0 Å². The summed E-state index contributed by atoms with van der Waals surface area (Å²) in [5.74, 6) is 1.43. The van der Waals surface area contributed by atoms with Crippen molar-refractivity contribution in [1.29, 1.82) is 0 Å². The van der Waals surface area contributed by atoms with Crippen molar-refractivity contribution < 1.29 is 4.74 Å². The molecule has 1 heterocycles. The van der Waals surface area contributed by atoms with E-state index in [0.29, 0.717) is 16.7 Å². The van der Waals surface area contributed by atoms with Gasteiger partial charge in [-0.25, -0.2) is 9.98 Å². The molecule has 4 N–H and O–H groups in total. The highest BCUT2D eigenvalue weighted by Crippen LogP contribution is 2.29. The molecule has 104 valence electrons. The zero-order valence-corrected chi connectivity index (χ0v) is 12.0. The van der Waals surface area contributed by atoms with Crippen LogP contribution in [-0.4, -0.2) is 17.9 Å². The van der Waals surface area contributed by atoms with Crippen molar-refractivity contribution in [1.82, 2.24) is 4.98 Å². The molecule has 1 aromatic heterocycles. The molecule has 0 bridgehead atoms. The summed E-state index contributed by atoms with van der Waals surface area (Å²) < 4.78 is 5.16. The number of benzene rings is 1. The molecule has 0 unspecified atom stereocenters. The summed E-state index contributed by atoms with van der Waals surface area (Å²) in [7, 11) is 1.60. The topological polar surface area (TPSA) is 86.5 Å². The minimum absolute atomic E-state index is 0.279. The highest BCUT2D eigenvalue weighted by molar-refractivity contribution is 6.34. The Kier molecular flexibility index (Phi) is 4.10. The molecular formula is C14H15ClN4O. The van der Waals surface area contributed by atoms with Crippen LogP contribution in [0, 0.1) is 0 Å². The van der Waals surface area contributed by atoms with Crippen LogP contribution in [0.5, 0.6) is 5.75 Å². The number of rotatable bonds is 3. The number of amidine groups is 1. The lowest BCUT2D eigenvalue weighted by molar-refractivity contribution is 0.415. The van der Waals surface area contributed by atoms with Crippen LogP contribution in [0.3, 0.4) is 0 Å². The quantitative estimate of drug-likeness (QED) is 0.517. The van der Waals surface area contributed by atoms with Gasteiger partial charge in [0, 0.05) is 11.1 Å². The molecular weight excluding hydrogens is 276 g/mol. The number of aliphatic imine (C=N–C) groups is 1. The van der Waals surface area contributed by atoms with Crippen LogP contribution in [0.2, 0.25) is 5.15 Å². The van der Waals surface area contributed by atoms with Gasteiger partial charge in [0.1, 0.15) is 16.7 Å². The third-order valence-corrected chi connectivity index (χ3v) is 2.89. The van der Waals surface area contributed by atoms with Gasteiger partial charge in [0.25, 0.3) is 0 Å². The van der Waals surface area contributed by atoms with Gasteiger partial charge in [-0.1, -0.05) is 17.7 Å². The molecule has 5 nitrogen and oxygen atoms in total. The van der Waals surface area contributed by atoms with E-state index in [1.165, 1.54) is 0 Å². The normalized spacial score (nSPS) is 12.8. The number of nitrogens with two attached hydrogens (primary N) is 2. The summed E-state index contributed by atoms with van der Waals surface area (Å²) in [6.45, 7) is 1.73. The second kappa shape index (κ2) is 5.79. The number of pyridine rings is 1. The van der Waals surface area contributed by atoms with Gasteiger partial charge in [-0.05, 0) is 36.6 Å². The number of hydrogen-bond acceptors (Lipinski definition) is 4. The lowest BCUT2D eigenvalue weighted by atomic mass is 10.1. The van der Waals surface area contributed by atoms with Crippen molar-refractivity contribution in [3.63, 3.8) is 0 Å². The SMILES string of the molecule is COc1ccc2cc(N=C(N)/C=C(/C)N)nc(Cl)c2c1. The van der Waals surface area contributed by atoms with Gasteiger partial charge < -0.3 is 16.2 Å². The van der Waals surface area contributed by atoms with Crippen LogP contribution < -0.4 is 16.2 Å². The molecule has 2 rings (SSSR count). The summed E-state index contributed by atoms with van der Waals surface area (Å²) in [5.41, 5.74) is 11.8. The highest BCUT2D eigenvalue weighted by Gasteiger charge is 2.05. The van der Waals surface area contributed by atoms with Crippen molar-refractivity contribution in [2.75, 3.05) is 7.11 Å². The Bertz CT molecular complexity index is 706. The molecule has 0 aliphatic carbocycles. The number of ether oxygens (including phenoxy) is 1. The van der Waals surface area contributed by atoms with Gasteiger partial charge in [0.15, 0.2) is 5.82 Å². The van der Waals surface area contributed by atoms with Crippen LogP contribution in [0.4, 0.5) is 5.82 Å². The first kappa shape index (κ1) is 14.1. The monoisotopic (exact) mass is 290 g/mol. The van der Waals surface area contributed by atoms with Gasteiger partial charge in [-0.3, -0.25) is 0 Å². The number of aromatic nitrogens is 1. The maximum Gasteiger partial charge on any atom is 0.156 e. The molecule has 0 aliphatic rings. The molecule has 0 radical (unpaired) electrons. The molecule has 0 aliphatic heterocycles. The van der Waals surface area contributed by atoms with Crippen LogP contribution in [0.1, 0.15) is 6.92 Å². The van der Waals surface area contributed by atoms with Crippen molar-refractivity contribution in [3.05, 3.63) is 41.2 Å². The number of fused-ring (bicyclic) bond motifs is 1. The van der Waals surface area contributed by atoms with E-state index in [1.807, 2.05) is 18.2 Å². The third-order valence-electron chi connectivity index (χ3n) is 2.60. The molecule has 20 heavy (non-hydrogen) atoms. The van der Waals surface area contributed by atoms with Crippen molar-refractivity contribution in [2.24, 2.45) is 16.5 Å². The fourth-order valence-corrected chi connectivity index (χ4v) is 2.00. The average molecular weight is 291 g/mol. The average Bonchev–Trinajstić information content (AvgIpc) is 2.37. The fourth-order valence-electron chi connectivity index (χ4n) is 1.75. The van der Waals surface area contributed by atoms with E-state index in [0.717, 1.165) is 16.5 Å². The van der Waals surface area contributed by atoms with E-state index in [9.17, 15) is 0 Å². The standard InChI is InChI=1S/C14H15ClN4O/c1-8(16)5-12(17)18-13-6-9-3-4-10(20-2)7-11(9)14(15)19-13/h3-7H,16H2,1-2H3,(H2,17,18,19)/b8-5-. The first-order valence-electron chi connectivity index (χ1n) is 5.92. The van der Waals surface area contributed by atoms with Crippen molar-refractivity contribution in [3.8, 4) is 5.75 Å². The fraction of sp³-hybridized carbons (Fsp3) is 0.143. The van der Waals surface area contributed by atoms with E-state index >= 15 is 0 Å². The predicted octanol–water partition coefficient (Wildman–Crippen LogP) is 2.75. The molecule has 0 amide bonds. The summed E-state index contributed by atoms with van der Waals surface area (Å²) in [5, 5.41) is 2.06. The molecule has 1 aromatic carbocycles. The van der Waals surface area contributed by atoms with E-state index in [-0.39, 0.29) is 5.84 Å². The van der Waals surface area contributed by atoms with Gasteiger partial charge in [-0.2, -0.15) is 0 Å². The molecule has 0 saturated carbocycles. The third kappa shape index (κ3) is 3.19. The van der Waals surface area contributed by atoms with Gasteiger partial charge >= 0.3 is 0 Å².